The van der Waals surface area contributed by atoms with E-state index in [0.717, 1.165) is 0 Å². The number of hydrogen-bond donors (Lipinski definition) is 0. The summed E-state index contributed by atoms with van der Waals surface area (Å²) in [4.78, 5) is 0. The van der Waals surface area contributed by atoms with E-state index in [2.05, 4.69) is 91.8 Å². The third-order valence-electron chi connectivity index (χ3n) is 7.25. The molecule has 28 heavy (non-hydrogen) atoms. The van der Waals surface area contributed by atoms with Crippen LogP contribution in [0.5, 0.6) is 0 Å². The third kappa shape index (κ3) is 2.96. The molecule has 0 aromatic heterocycles. The van der Waals surface area contributed by atoms with Crippen LogP contribution in [0, 0.1) is 5.41 Å². The molecule has 0 fully saturated rings. The SMILES string of the molecule is CC1=C(C)[C](C)([Hf][C]2=C(C(C)(C)C)c3cc4ccccc4cc3C2)C(C)=C1C. The molecular formula is C27H32Hf. The normalized spacial score (nSPS) is 19.1. The first-order valence-corrected chi connectivity index (χ1v) is 14.0. The summed E-state index contributed by atoms with van der Waals surface area (Å²) in [5.41, 5.74) is 11.3. The molecule has 0 amide bonds. The first-order valence-electron chi connectivity index (χ1n) is 10.4. The zero-order valence-corrected chi connectivity index (χ0v) is 22.3. The fraction of sp³-hybridized carbons (Fsp3) is 0.407. The molecular weight excluding hydrogens is 503 g/mol. The molecule has 1 heteroatoms. The molecule has 144 valence electrons. The summed E-state index contributed by atoms with van der Waals surface area (Å²) >= 11 is -1.12. The molecule has 2 aliphatic rings. The van der Waals surface area contributed by atoms with E-state index >= 15 is 0 Å². The van der Waals surface area contributed by atoms with E-state index in [1.54, 1.807) is 33.4 Å². The monoisotopic (exact) mass is 536 g/mol. The van der Waals surface area contributed by atoms with Gasteiger partial charge in [-0.1, -0.05) is 0 Å². The molecule has 0 bridgehead atoms. The Morgan fingerprint density at radius 1 is 0.857 bits per heavy atom. The Kier molecular flexibility index (Phi) is 4.77. The van der Waals surface area contributed by atoms with E-state index in [9.17, 15) is 0 Å². The first kappa shape index (κ1) is 20.1. The Balaban J connectivity index is 1.87. The van der Waals surface area contributed by atoms with Crippen molar-refractivity contribution in [1.82, 2.24) is 0 Å². The van der Waals surface area contributed by atoms with Crippen molar-refractivity contribution in [2.45, 2.75) is 65.0 Å². The Hall–Kier alpha value is -1.21. The molecule has 0 unspecified atom stereocenters. The molecule has 0 N–H and O–H groups in total. The van der Waals surface area contributed by atoms with Gasteiger partial charge in [0.25, 0.3) is 0 Å². The van der Waals surface area contributed by atoms with Gasteiger partial charge in [-0.05, 0) is 0 Å². The summed E-state index contributed by atoms with van der Waals surface area (Å²) in [6.07, 6.45) is 1.18. The maximum absolute atomic E-state index is 2.55. The fourth-order valence-electron chi connectivity index (χ4n) is 5.15. The van der Waals surface area contributed by atoms with Gasteiger partial charge in [0, 0.05) is 0 Å². The molecule has 4 rings (SSSR count). The van der Waals surface area contributed by atoms with E-state index in [4.69, 9.17) is 0 Å². The minimum atomic E-state index is -1.12. The second kappa shape index (κ2) is 6.66. The number of rotatable bonds is 2. The van der Waals surface area contributed by atoms with Crippen LogP contribution in [0.1, 0.15) is 66.5 Å². The number of hydrogen-bond acceptors (Lipinski definition) is 0. The minimum absolute atomic E-state index is 0.199. The number of allylic oxidation sites excluding steroid dienone is 6. The van der Waals surface area contributed by atoms with Gasteiger partial charge in [0.1, 0.15) is 0 Å². The zero-order valence-electron chi connectivity index (χ0n) is 18.7. The molecule has 0 aliphatic heterocycles. The van der Waals surface area contributed by atoms with Crippen molar-refractivity contribution in [3.8, 4) is 0 Å². The molecule has 0 saturated carbocycles. The van der Waals surface area contributed by atoms with Crippen LogP contribution in [0.4, 0.5) is 0 Å². The van der Waals surface area contributed by atoms with E-state index in [0.29, 0.717) is 3.17 Å². The third-order valence-corrected chi connectivity index (χ3v) is 14.4. The van der Waals surface area contributed by atoms with Crippen molar-refractivity contribution in [1.29, 1.82) is 0 Å². The van der Waals surface area contributed by atoms with Crippen LogP contribution in [0.3, 0.4) is 0 Å². The standard InChI is InChI=1S/C17H17.C10H15.Hf/c1-17(2,3)16-9-8-14-10-12-6-4-5-7-13(12)11-15(14)16;1-6-7(2)9(4)10(5)8(6)3;/h4-7,10-11H,8H2,1-3H3;1-5H3;. The molecule has 2 aliphatic carbocycles. The summed E-state index contributed by atoms with van der Waals surface area (Å²) in [6, 6.07) is 13.8. The van der Waals surface area contributed by atoms with Gasteiger partial charge in [-0.3, -0.25) is 0 Å². The Morgan fingerprint density at radius 3 is 1.93 bits per heavy atom. The Morgan fingerprint density at radius 2 is 1.39 bits per heavy atom. The van der Waals surface area contributed by atoms with Crippen molar-refractivity contribution in [2.24, 2.45) is 5.41 Å². The summed E-state index contributed by atoms with van der Waals surface area (Å²) in [7, 11) is 0. The van der Waals surface area contributed by atoms with Crippen LogP contribution < -0.4 is 0 Å². The van der Waals surface area contributed by atoms with Crippen molar-refractivity contribution >= 4 is 16.3 Å². The first-order chi connectivity index (χ1) is 13.0. The molecule has 2 aromatic carbocycles. The van der Waals surface area contributed by atoms with Crippen LogP contribution in [0.25, 0.3) is 16.3 Å². The van der Waals surface area contributed by atoms with Crippen molar-refractivity contribution < 1.29 is 22.9 Å². The molecule has 0 spiro atoms. The van der Waals surface area contributed by atoms with E-state index in [-0.39, 0.29) is 5.41 Å². The van der Waals surface area contributed by atoms with Gasteiger partial charge in [-0.25, -0.2) is 0 Å². The maximum atomic E-state index is 2.55. The summed E-state index contributed by atoms with van der Waals surface area (Å²) in [5.74, 6) is 0. The van der Waals surface area contributed by atoms with Crippen LogP contribution in [0.15, 0.2) is 62.0 Å². The Bertz CT molecular complexity index is 1060. The van der Waals surface area contributed by atoms with Crippen LogP contribution in [-0.4, -0.2) is 0 Å². The summed E-state index contributed by atoms with van der Waals surface area (Å²) in [6.45, 7) is 19.2. The van der Waals surface area contributed by atoms with Gasteiger partial charge < -0.3 is 0 Å². The Labute approximate surface area is 182 Å². The van der Waals surface area contributed by atoms with Gasteiger partial charge in [0.05, 0.1) is 0 Å². The molecule has 0 heterocycles. The summed E-state index contributed by atoms with van der Waals surface area (Å²) < 4.78 is 2.18. The molecule has 0 saturated heterocycles. The predicted molar refractivity (Wildman–Crippen MR) is 119 cm³/mol. The van der Waals surface area contributed by atoms with E-state index in [1.165, 1.54) is 22.8 Å². The van der Waals surface area contributed by atoms with Crippen LogP contribution in [0.2, 0.25) is 3.17 Å². The van der Waals surface area contributed by atoms with Gasteiger partial charge >= 0.3 is 183 Å². The fourth-order valence-corrected chi connectivity index (χ4v) is 13.3. The van der Waals surface area contributed by atoms with Crippen LogP contribution >= 0.6 is 0 Å². The van der Waals surface area contributed by atoms with Gasteiger partial charge in [-0.2, -0.15) is 0 Å². The summed E-state index contributed by atoms with van der Waals surface area (Å²) in [5, 5.41) is 2.76. The second-order valence-corrected chi connectivity index (χ2v) is 16.5. The van der Waals surface area contributed by atoms with Gasteiger partial charge in [0.2, 0.25) is 0 Å². The van der Waals surface area contributed by atoms with Crippen molar-refractivity contribution in [3.05, 3.63) is 73.1 Å². The average molecular weight is 535 g/mol. The molecule has 0 radical (unpaired) electrons. The van der Waals surface area contributed by atoms with Crippen molar-refractivity contribution in [2.75, 3.05) is 0 Å². The van der Waals surface area contributed by atoms with E-state index in [1.807, 2.05) is 3.33 Å². The topological polar surface area (TPSA) is 0 Å². The molecule has 0 atom stereocenters. The molecule has 0 nitrogen and oxygen atoms in total. The number of benzene rings is 2. The van der Waals surface area contributed by atoms with Crippen molar-refractivity contribution in [3.63, 3.8) is 0 Å². The van der Waals surface area contributed by atoms with E-state index < -0.39 is 22.9 Å². The second-order valence-electron chi connectivity index (χ2n) is 9.89. The zero-order chi connectivity index (χ0) is 20.4. The quantitative estimate of drug-likeness (QED) is 0.341. The van der Waals surface area contributed by atoms with Gasteiger partial charge in [-0.15, -0.1) is 0 Å². The number of fused-ring (bicyclic) bond motifs is 2. The predicted octanol–water partition coefficient (Wildman–Crippen LogP) is 8.10. The molecule has 2 aromatic rings. The van der Waals surface area contributed by atoms with Gasteiger partial charge in [0.15, 0.2) is 0 Å². The average Bonchev–Trinajstić information content (AvgIpc) is 3.05. The van der Waals surface area contributed by atoms with Crippen LogP contribution in [-0.2, 0) is 29.3 Å².